The molecule has 3 nitrogen and oxygen atoms in total. The summed E-state index contributed by atoms with van der Waals surface area (Å²) < 4.78 is 0. The van der Waals surface area contributed by atoms with Gasteiger partial charge in [-0.2, -0.15) is 10.2 Å². The van der Waals surface area contributed by atoms with Gasteiger partial charge in [-0.3, -0.25) is 4.79 Å². The first kappa shape index (κ1) is 15.5. The zero-order chi connectivity index (χ0) is 17.1. The van der Waals surface area contributed by atoms with Gasteiger partial charge < -0.3 is 0 Å². The van der Waals surface area contributed by atoms with Gasteiger partial charge in [-0.1, -0.05) is 84.9 Å². The molecule has 1 heterocycles. The topological polar surface area (TPSA) is 41.8 Å². The molecule has 3 heteroatoms. The van der Waals surface area contributed by atoms with Gasteiger partial charge in [-0.25, -0.2) is 0 Å². The van der Waals surface area contributed by atoms with Gasteiger partial charge in [0.2, 0.25) is 0 Å². The van der Waals surface area contributed by atoms with Crippen molar-refractivity contribution in [3.05, 3.63) is 96.1 Å². The lowest BCUT2D eigenvalue weighted by molar-refractivity contribution is 0.0956. The highest BCUT2D eigenvalue weighted by Crippen LogP contribution is 2.30. The average Bonchev–Trinajstić information content (AvgIpc) is 3.19. The maximum Gasteiger partial charge on any atom is 0.189 e. The number of Topliss-reactive ketones (excluding diaryl/α,β-unsaturated/α-hetero) is 1. The zero-order valence-corrected chi connectivity index (χ0v) is 13.7. The molecule has 25 heavy (non-hydrogen) atoms. The van der Waals surface area contributed by atoms with Crippen molar-refractivity contribution in [2.45, 2.75) is 12.0 Å². The Kier molecular flexibility index (Phi) is 4.21. The summed E-state index contributed by atoms with van der Waals surface area (Å²) in [5.74, 6) is 0.0669. The van der Waals surface area contributed by atoms with E-state index in [1.54, 1.807) is 0 Å². The Labute approximate surface area is 147 Å². The Morgan fingerprint density at radius 1 is 0.760 bits per heavy atom. The molecule has 0 radical (unpaired) electrons. The fraction of sp³-hybridized carbons (Fsp3) is 0.136. The highest BCUT2D eigenvalue weighted by molar-refractivity contribution is 6.01. The molecule has 0 spiro atoms. The lowest BCUT2D eigenvalue weighted by atomic mass is 9.88. The molecule has 1 aliphatic heterocycles. The van der Waals surface area contributed by atoms with Gasteiger partial charge in [0.15, 0.2) is 5.78 Å². The van der Waals surface area contributed by atoms with E-state index in [4.69, 9.17) is 0 Å². The predicted octanol–water partition coefficient (Wildman–Crippen LogP) is 5.15. The van der Waals surface area contributed by atoms with Gasteiger partial charge in [0.05, 0.1) is 6.54 Å². The van der Waals surface area contributed by atoms with Crippen LogP contribution in [-0.2, 0) is 0 Å². The standard InChI is InChI=1S/C22H18N2O/c25-22(21-20(15-23-24-21)18-9-5-2-6-10-18)19-13-11-17(12-14-19)16-7-3-1-4-8-16/h1-14,20-21H,15H2/t20-,21-/m0/s1. The van der Waals surface area contributed by atoms with Gasteiger partial charge >= 0.3 is 0 Å². The molecule has 3 aromatic rings. The number of ketones is 1. The van der Waals surface area contributed by atoms with Crippen molar-refractivity contribution in [2.75, 3.05) is 6.54 Å². The Hall–Kier alpha value is -3.07. The summed E-state index contributed by atoms with van der Waals surface area (Å²) in [4.78, 5) is 12.9. The fourth-order valence-corrected chi connectivity index (χ4v) is 3.25. The van der Waals surface area contributed by atoms with Crippen LogP contribution in [0, 0.1) is 0 Å². The van der Waals surface area contributed by atoms with Crippen LogP contribution in [0.2, 0.25) is 0 Å². The summed E-state index contributed by atoms with van der Waals surface area (Å²) >= 11 is 0. The minimum atomic E-state index is -0.426. The van der Waals surface area contributed by atoms with Crippen LogP contribution in [-0.4, -0.2) is 18.4 Å². The molecule has 0 saturated carbocycles. The number of carbonyl (C=O) groups is 1. The minimum Gasteiger partial charge on any atom is -0.292 e. The zero-order valence-electron chi connectivity index (χ0n) is 13.7. The third-order valence-electron chi connectivity index (χ3n) is 4.64. The van der Waals surface area contributed by atoms with Gasteiger partial charge in [0.1, 0.15) is 6.04 Å². The molecule has 122 valence electrons. The summed E-state index contributed by atoms with van der Waals surface area (Å²) in [5.41, 5.74) is 4.05. The van der Waals surface area contributed by atoms with Crippen LogP contribution in [0.15, 0.2) is 95.2 Å². The van der Waals surface area contributed by atoms with Crippen molar-refractivity contribution in [1.82, 2.24) is 0 Å². The predicted molar refractivity (Wildman–Crippen MR) is 98.9 cm³/mol. The lowest BCUT2D eigenvalue weighted by Gasteiger charge is -2.16. The molecule has 0 bridgehead atoms. The number of hydrogen-bond donors (Lipinski definition) is 0. The second kappa shape index (κ2) is 6.81. The van der Waals surface area contributed by atoms with E-state index in [0.717, 1.165) is 16.7 Å². The Bertz CT molecular complexity index is 886. The average molecular weight is 326 g/mol. The molecular formula is C22H18N2O. The van der Waals surface area contributed by atoms with Crippen LogP contribution < -0.4 is 0 Å². The Morgan fingerprint density at radius 3 is 2.04 bits per heavy atom. The maximum absolute atomic E-state index is 12.9. The van der Waals surface area contributed by atoms with E-state index in [0.29, 0.717) is 12.1 Å². The van der Waals surface area contributed by atoms with Crippen molar-refractivity contribution in [3.8, 4) is 11.1 Å². The van der Waals surface area contributed by atoms with Gasteiger partial charge in [-0.15, -0.1) is 0 Å². The monoisotopic (exact) mass is 326 g/mol. The van der Waals surface area contributed by atoms with Crippen LogP contribution in [0.1, 0.15) is 21.8 Å². The summed E-state index contributed by atoms with van der Waals surface area (Å²) in [6.07, 6.45) is 0. The van der Waals surface area contributed by atoms with E-state index in [9.17, 15) is 4.79 Å². The van der Waals surface area contributed by atoms with Crippen molar-refractivity contribution in [3.63, 3.8) is 0 Å². The van der Waals surface area contributed by atoms with Crippen LogP contribution in [0.25, 0.3) is 11.1 Å². The quantitative estimate of drug-likeness (QED) is 0.611. The maximum atomic E-state index is 12.9. The molecule has 3 aromatic carbocycles. The Morgan fingerprint density at radius 2 is 1.36 bits per heavy atom. The van der Waals surface area contributed by atoms with E-state index in [1.165, 1.54) is 0 Å². The van der Waals surface area contributed by atoms with E-state index in [-0.39, 0.29) is 11.7 Å². The SMILES string of the molecule is O=C(c1ccc(-c2ccccc2)cc1)[C@H]1N=NC[C@H]1c1ccccc1. The smallest absolute Gasteiger partial charge is 0.189 e. The molecule has 0 amide bonds. The third kappa shape index (κ3) is 3.13. The summed E-state index contributed by atoms with van der Waals surface area (Å²) in [7, 11) is 0. The van der Waals surface area contributed by atoms with Crippen LogP contribution in [0.3, 0.4) is 0 Å². The van der Waals surface area contributed by atoms with Crippen LogP contribution in [0.4, 0.5) is 0 Å². The number of nitrogens with zero attached hydrogens (tertiary/aromatic N) is 2. The van der Waals surface area contributed by atoms with Gasteiger partial charge in [-0.05, 0) is 16.7 Å². The highest BCUT2D eigenvalue weighted by atomic mass is 16.1. The summed E-state index contributed by atoms with van der Waals surface area (Å²) in [5, 5.41) is 8.36. The fourth-order valence-electron chi connectivity index (χ4n) is 3.25. The molecule has 0 aliphatic carbocycles. The van der Waals surface area contributed by atoms with E-state index in [2.05, 4.69) is 22.4 Å². The molecule has 2 atom stereocenters. The van der Waals surface area contributed by atoms with E-state index < -0.39 is 6.04 Å². The molecule has 4 rings (SSSR count). The van der Waals surface area contributed by atoms with Crippen molar-refractivity contribution in [2.24, 2.45) is 10.2 Å². The molecular weight excluding hydrogens is 308 g/mol. The molecule has 0 aromatic heterocycles. The van der Waals surface area contributed by atoms with E-state index >= 15 is 0 Å². The number of benzene rings is 3. The highest BCUT2D eigenvalue weighted by Gasteiger charge is 2.33. The van der Waals surface area contributed by atoms with Crippen LogP contribution in [0.5, 0.6) is 0 Å². The summed E-state index contributed by atoms with van der Waals surface area (Å²) in [6, 6.07) is 27.5. The van der Waals surface area contributed by atoms with Gasteiger partial charge in [0.25, 0.3) is 0 Å². The van der Waals surface area contributed by atoms with Gasteiger partial charge in [0, 0.05) is 11.5 Å². The number of carbonyl (C=O) groups excluding carboxylic acids is 1. The van der Waals surface area contributed by atoms with Crippen LogP contribution >= 0.6 is 0 Å². The molecule has 0 N–H and O–H groups in total. The number of azo groups is 1. The van der Waals surface area contributed by atoms with E-state index in [1.807, 2.05) is 72.8 Å². The third-order valence-corrected chi connectivity index (χ3v) is 4.64. The normalized spacial score (nSPS) is 19.0. The lowest BCUT2D eigenvalue weighted by Crippen LogP contribution is -2.24. The first-order valence-corrected chi connectivity index (χ1v) is 8.44. The van der Waals surface area contributed by atoms with Crippen molar-refractivity contribution in [1.29, 1.82) is 0 Å². The molecule has 0 unspecified atom stereocenters. The van der Waals surface area contributed by atoms with Crippen molar-refractivity contribution < 1.29 is 4.79 Å². The summed E-state index contributed by atoms with van der Waals surface area (Å²) in [6.45, 7) is 0.572. The molecule has 0 fully saturated rings. The first-order valence-electron chi connectivity index (χ1n) is 8.44. The molecule has 0 saturated heterocycles. The second-order valence-corrected chi connectivity index (χ2v) is 6.21. The largest absolute Gasteiger partial charge is 0.292 e. The second-order valence-electron chi connectivity index (χ2n) is 6.21. The van der Waals surface area contributed by atoms with Crippen molar-refractivity contribution >= 4 is 5.78 Å². The number of rotatable bonds is 4. The first-order chi connectivity index (χ1) is 12.3. The molecule has 1 aliphatic rings. The number of hydrogen-bond acceptors (Lipinski definition) is 3. The Balaban J connectivity index is 1.57. The minimum absolute atomic E-state index is 0.0301.